The third-order valence-electron chi connectivity index (χ3n) is 5.71. The number of hydrogen-bond donors (Lipinski definition) is 1. The maximum Gasteiger partial charge on any atom is 0.387 e. The van der Waals surface area contributed by atoms with E-state index in [0.29, 0.717) is 23.0 Å². The second kappa shape index (κ2) is 9.80. The highest BCUT2D eigenvalue weighted by atomic mass is 32.2. The summed E-state index contributed by atoms with van der Waals surface area (Å²) >= 11 is 2.75. The van der Waals surface area contributed by atoms with Crippen molar-refractivity contribution in [2.45, 2.75) is 63.6 Å². The lowest BCUT2D eigenvalue weighted by atomic mass is 9.89. The molecule has 1 N–H and O–H groups in total. The van der Waals surface area contributed by atoms with Gasteiger partial charge in [-0.25, -0.2) is 4.98 Å². The van der Waals surface area contributed by atoms with E-state index in [1.54, 1.807) is 35.0 Å². The molecule has 2 atom stereocenters. The third-order valence-corrected chi connectivity index (χ3v) is 7.95. The highest BCUT2D eigenvalue weighted by molar-refractivity contribution is 8.00. The van der Waals surface area contributed by atoms with Crippen LogP contribution in [0.2, 0.25) is 0 Å². The Hall–Kier alpha value is -2.46. The minimum absolute atomic E-state index is 0.0691. The zero-order valence-corrected chi connectivity index (χ0v) is 20.2. The number of anilines is 1. The summed E-state index contributed by atoms with van der Waals surface area (Å²) in [6.07, 6.45) is 2.92. The number of rotatable bonds is 7. The number of aromatic nitrogens is 2. The fourth-order valence-corrected chi connectivity index (χ4v) is 6.38. The van der Waals surface area contributed by atoms with Crippen LogP contribution in [-0.2, 0) is 24.2 Å². The number of thioether (sulfide) groups is 1. The van der Waals surface area contributed by atoms with Gasteiger partial charge in [-0.15, -0.1) is 11.3 Å². The fraction of sp³-hybridized carbons (Fsp3) is 0.435. The maximum absolute atomic E-state index is 13.3. The molecule has 0 aliphatic heterocycles. The lowest BCUT2D eigenvalue weighted by Crippen LogP contribution is -2.27. The number of amides is 1. The second-order valence-electron chi connectivity index (χ2n) is 8.10. The quantitative estimate of drug-likeness (QED) is 0.356. The zero-order valence-electron chi connectivity index (χ0n) is 18.6. The van der Waals surface area contributed by atoms with E-state index in [0.717, 1.165) is 29.7 Å². The van der Waals surface area contributed by atoms with Crippen molar-refractivity contribution in [2.75, 3.05) is 5.32 Å². The number of thiophene rings is 1. The molecule has 1 amide bonds. The van der Waals surface area contributed by atoms with E-state index in [1.165, 1.54) is 28.8 Å². The first-order valence-electron chi connectivity index (χ1n) is 10.8. The first-order chi connectivity index (χ1) is 15.8. The molecule has 4 rings (SSSR count). The number of nitrogens with zero attached hydrogens (tertiary/aromatic N) is 2. The Morgan fingerprint density at radius 3 is 2.88 bits per heavy atom. The van der Waals surface area contributed by atoms with Crippen LogP contribution in [0.5, 0.6) is 5.75 Å². The van der Waals surface area contributed by atoms with E-state index in [1.807, 2.05) is 6.92 Å². The zero-order chi connectivity index (χ0) is 23.7. The van der Waals surface area contributed by atoms with Crippen molar-refractivity contribution in [3.05, 3.63) is 45.1 Å². The van der Waals surface area contributed by atoms with Gasteiger partial charge < -0.3 is 10.1 Å². The molecule has 0 bridgehead atoms. The summed E-state index contributed by atoms with van der Waals surface area (Å²) in [6.45, 7) is 3.22. The van der Waals surface area contributed by atoms with E-state index in [-0.39, 0.29) is 17.0 Å². The van der Waals surface area contributed by atoms with Crippen LogP contribution in [0, 0.1) is 5.92 Å². The molecule has 0 saturated heterocycles. The molecule has 2 heterocycles. The van der Waals surface area contributed by atoms with E-state index in [2.05, 4.69) is 17.0 Å². The number of ether oxygens (including phenoxy) is 1. The van der Waals surface area contributed by atoms with Crippen LogP contribution >= 0.6 is 23.1 Å². The summed E-state index contributed by atoms with van der Waals surface area (Å²) in [5.41, 5.74) is 1.22. The molecule has 176 valence electrons. The van der Waals surface area contributed by atoms with Gasteiger partial charge in [-0.05, 0) is 56.7 Å². The number of alkyl halides is 2. The third kappa shape index (κ3) is 4.91. The number of nitrogens with one attached hydrogen (secondary N) is 1. The molecule has 1 aromatic carbocycles. The van der Waals surface area contributed by atoms with Gasteiger partial charge in [0, 0.05) is 11.4 Å². The van der Waals surface area contributed by atoms with Crippen LogP contribution in [0.4, 0.5) is 14.5 Å². The summed E-state index contributed by atoms with van der Waals surface area (Å²) in [6, 6.07) is 6.03. The lowest BCUT2D eigenvalue weighted by molar-refractivity contribution is -0.115. The summed E-state index contributed by atoms with van der Waals surface area (Å²) in [5.74, 6) is 0.0801. The number of carbonyl (C=O) groups excluding carboxylic acids is 1. The molecule has 0 spiro atoms. The van der Waals surface area contributed by atoms with Crippen molar-refractivity contribution < 1.29 is 18.3 Å². The van der Waals surface area contributed by atoms with Crippen molar-refractivity contribution in [2.24, 2.45) is 5.92 Å². The standard InChI is InChI=1S/C23H25F2N3O3S2/c1-4-28-21(30)18-14-10-9-12(2)11-17(14)33-20(18)27-23(28)32-13(3)19(29)26-15-7-5-6-8-16(15)31-22(24)25/h5-8,12-13,22H,4,9-11H2,1-3H3,(H,26,29). The molecule has 0 saturated carbocycles. The van der Waals surface area contributed by atoms with Gasteiger partial charge in [0.2, 0.25) is 5.91 Å². The number of halogens is 2. The fourth-order valence-electron chi connectivity index (χ4n) is 3.99. The highest BCUT2D eigenvalue weighted by Crippen LogP contribution is 2.37. The Labute approximate surface area is 198 Å². The molecule has 6 nitrogen and oxygen atoms in total. The summed E-state index contributed by atoms with van der Waals surface area (Å²) in [4.78, 5) is 32.8. The van der Waals surface area contributed by atoms with Gasteiger partial charge in [0.15, 0.2) is 5.16 Å². The second-order valence-corrected chi connectivity index (χ2v) is 10.5. The highest BCUT2D eigenvalue weighted by Gasteiger charge is 2.26. The van der Waals surface area contributed by atoms with E-state index < -0.39 is 17.8 Å². The summed E-state index contributed by atoms with van der Waals surface area (Å²) in [7, 11) is 0. The van der Waals surface area contributed by atoms with Crippen LogP contribution in [0.15, 0.2) is 34.2 Å². The van der Waals surface area contributed by atoms with Crippen LogP contribution in [-0.4, -0.2) is 27.3 Å². The number of aryl methyl sites for hydroxylation is 1. The Morgan fingerprint density at radius 1 is 1.39 bits per heavy atom. The number of para-hydroxylation sites is 2. The molecule has 1 aliphatic rings. The molecule has 2 unspecified atom stereocenters. The molecule has 1 aliphatic carbocycles. The number of benzene rings is 1. The Balaban J connectivity index is 1.60. The molecule has 0 fully saturated rings. The maximum atomic E-state index is 13.3. The average molecular weight is 494 g/mol. The predicted molar refractivity (Wildman–Crippen MR) is 128 cm³/mol. The molecule has 0 radical (unpaired) electrons. The molecular formula is C23H25F2N3O3S2. The minimum Gasteiger partial charge on any atom is -0.433 e. The SMILES string of the molecule is CCn1c(SC(C)C(=O)Nc2ccccc2OC(F)F)nc2sc3c(c2c1=O)CCC(C)C3. The van der Waals surface area contributed by atoms with Gasteiger partial charge in [0.25, 0.3) is 5.56 Å². The van der Waals surface area contributed by atoms with Crippen molar-refractivity contribution in [1.29, 1.82) is 0 Å². The van der Waals surface area contributed by atoms with Crippen LogP contribution < -0.4 is 15.6 Å². The molecule has 10 heteroatoms. The minimum atomic E-state index is -3.00. The van der Waals surface area contributed by atoms with Crippen LogP contribution in [0.25, 0.3) is 10.2 Å². The van der Waals surface area contributed by atoms with E-state index >= 15 is 0 Å². The predicted octanol–water partition coefficient (Wildman–Crippen LogP) is 5.32. The number of hydrogen-bond acceptors (Lipinski definition) is 6. The Bertz CT molecular complexity index is 1240. The first-order valence-corrected chi connectivity index (χ1v) is 12.5. The smallest absolute Gasteiger partial charge is 0.387 e. The van der Waals surface area contributed by atoms with Gasteiger partial charge in [0.05, 0.1) is 16.3 Å². The lowest BCUT2D eigenvalue weighted by Gasteiger charge is -2.18. The monoisotopic (exact) mass is 493 g/mol. The largest absolute Gasteiger partial charge is 0.433 e. The van der Waals surface area contributed by atoms with Gasteiger partial charge in [0.1, 0.15) is 10.6 Å². The van der Waals surface area contributed by atoms with Crippen LogP contribution in [0.3, 0.4) is 0 Å². The van der Waals surface area contributed by atoms with Gasteiger partial charge in [-0.3, -0.25) is 14.2 Å². The summed E-state index contributed by atoms with van der Waals surface area (Å²) in [5, 5.41) is 3.20. The topological polar surface area (TPSA) is 73.2 Å². The van der Waals surface area contributed by atoms with Gasteiger partial charge in [-0.2, -0.15) is 8.78 Å². The molecule has 2 aromatic heterocycles. The number of fused-ring (bicyclic) bond motifs is 3. The molecule has 3 aromatic rings. The first kappa shape index (κ1) is 23.7. The summed E-state index contributed by atoms with van der Waals surface area (Å²) < 4.78 is 31.4. The Kier molecular flexibility index (Phi) is 7.04. The normalized spacial score (nSPS) is 16.6. The number of carbonyl (C=O) groups is 1. The van der Waals surface area contributed by atoms with E-state index in [9.17, 15) is 18.4 Å². The van der Waals surface area contributed by atoms with Gasteiger partial charge >= 0.3 is 6.61 Å². The van der Waals surface area contributed by atoms with Crippen LogP contribution in [0.1, 0.15) is 37.6 Å². The van der Waals surface area contributed by atoms with Crippen molar-refractivity contribution in [1.82, 2.24) is 9.55 Å². The van der Waals surface area contributed by atoms with E-state index in [4.69, 9.17) is 4.98 Å². The molecule has 33 heavy (non-hydrogen) atoms. The van der Waals surface area contributed by atoms with Crippen molar-refractivity contribution >= 4 is 44.9 Å². The van der Waals surface area contributed by atoms with Crippen molar-refractivity contribution in [3.8, 4) is 5.75 Å². The molecular weight excluding hydrogens is 468 g/mol. The van der Waals surface area contributed by atoms with Gasteiger partial charge in [-0.1, -0.05) is 30.8 Å². The average Bonchev–Trinajstić information content (AvgIpc) is 3.12. The van der Waals surface area contributed by atoms with Crippen molar-refractivity contribution in [3.63, 3.8) is 0 Å². The Morgan fingerprint density at radius 2 is 2.15 bits per heavy atom.